The summed E-state index contributed by atoms with van der Waals surface area (Å²) in [5, 5.41) is 2.75. The number of rotatable bonds is 4. The molecule has 0 bridgehead atoms. The van der Waals surface area contributed by atoms with E-state index in [4.69, 9.17) is 5.73 Å². The molecule has 0 radical (unpaired) electrons. The molecule has 1 aromatic heterocycles. The minimum Gasteiger partial charge on any atom is -0.398 e. The molecule has 0 saturated heterocycles. The zero-order valence-electron chi connectivity index (χ0n) is 10.3. The predicted octanol–water partition coefficient (Wildman–Crippen LogP) is 1.78. The lowest BCUT2D eigenvalue weighted by atomic mass is 10.1. The molecule has 0 fully saturated rings. The van der Waals surface area contributed by atoms with Crippen LogP contribution in [0.25, 0.3) is 0 Å². The van der Waals surface area contributed by atoms with Gasteiger partial charge in [0.2, 0.25) is 0 Å². The fourth-order valence-corrected chi connectivity index (χ4v) is 1.71. The van der Waals surface area contributed by atoms with Crippen molar-refractivity contribution in [3.8, 4) is 0 Å². The van der Waals surface area contributed by atoms with Crippen LogP contribution in [-0.2, 0) is 6.42 Å². The highest BCUT2D eigenvalue weighted by atomic mass is 19.1. The van der Waals surface area contributed by atoms with Gasteiger partial charge in [-0.2, -0.15) is 0 Å². The Kier molecular flexibility index (Phi) is 4.07. The first-order valence-corrected chi connectivity index (χ1v) is 5.89. The zero-order chi connectivity index (χ0) is 13.7. The highest BCUT2D eigenvalue weighted by Crippen LogP contribution is 2.13. The van der Waals surface area contributed by atoms with Gasteiger partial charge >= 0.3 is 0 Å². The second-order valence-electron chi connectivity index (χ2n) is 4.09. The summed E-state index contributed by atoms with van der Waals surface area (Å²) in [6, 6.07) is 7.51. The number of carbonyl (C=O) groups is 1. The van der Waals surface area contributed by atoms with E-state index >= 15 is 0 Å². The van der Waals surface area contributed by atoms with Crippen molar-refractivity contribution in [2.45, 2.75) is 6.42 Å². The van der Waals surface area contributed by atoms with Gasteiger partial charge in [-0.25, -0.2) is 4.39 Å². The van der Waals surface area contributed by atoms with Crippen LogP contribution in [-0.4, -0.2) is 17.4 Å². The molecule has 1 heterocycles. The molecule has 3 N–H and O–H groups in total. The minimum atomic E-state index is -0.453. The van der Waals surface area contributed by atoms with Crippen LogP contribution in [0.4, 0.5) is 10.1 Å². The van der Waals surface area contributed by atoms with Crippen molar-refractivity contribution in [2.24, 2.45) is 0 Å². The van der Waals surface area contributed by atoms with Crippen LogP contribution in [0.2, 0.25) is 0 Å². The molecule has 0 aliphatic carbocycles. The number of carbonyl (C=O) groups excluding carboxylic acids is 1. The molecule has 0 spiro atoms. The smallest absolute Gasteiger partial charge is 0.253 e. The normalized spacial score (nSPS) is 10.2. The van der Waals surface area contributed by atoms with Crippen LogP contribution in [0.15, 0.2) is 42.7 Å². The second kappa shape index (κ2) is 5.95. The van der Waals surface area contributed by atoms with Crippen molar-refractivity contribution < 1.29 is 9.18 Å². The van der Waals surface area contributed by atoms with Crippen molar-refractivity contribution in [3.63, 3.8) is 0 Å². The number of nitrogen functional groups attached to an aromatic ring is 1. The molecule has 0 unspecified atom stereocenters. The maximum Gasteiger partial charge on any atom is 0.253 e. The molecular formula is C14H14FN3O. The SMILES string of the molecule is Nc1cc(F)ccc1C(=O)NCCc1ccncc1. The summed E-state index contributed by atoms with van der Waals surface area (Å²) >= 11 is 0. The van der Waals surface area contributed by atoms with Gasteiger partial charge in [0.25, 0.3) is 5.91 Å². The van der Waals surface area contributed by atoms with Gasteiger partial charge in [-0.1, -0.05) is 0 Å². The monoisotopic (exact) mass is 259 g/mol. The predicted molar refractivity (Wildman–Crippen MR) is 71.1 cm³/mol. The quantitative estimate of drug-likeness (QED) is 0.822. The molecule has 5 heteroatoms. The molecular weight excluding hydrogens is 245 g/mol. The van der Waals surface area contributed by atoms with Gasteiger partial charge in [0, 0.05) is 24.6 Å². The number of nitrogens with one attached hydrogen (secondary N) is 1. The average molecular weight is 259 g/mol. The van der Waals surface area contributed by atoms with Crippen molar-refractivity contribution in [1.82, 2.24) is 10.3 Å². The van der Waals surface area contributed by atoms with Gasteiger partial charge in [-0.15, -0.1) is 0 Å². The summed E-state index contributed by atoms with van der Waals surface area (Å²) in [6.07, 6.45) is 4.11. The van der Waals surface area contributed by atoms with E-state index in [0.29, 0.717) is 13.0 Å². The molecule has 2 aromatic rings. The van der Waals surface area contributed by atoms with Crippen LogP contribution < -0.4 is 11.1 Å². The second-order valence-corrected chi connectivity index (χ2v) is 4.09. The van der Waals surface area contributed by atoms with Gasteiger partial charge in [-0.3, -0.25) is 9.78 Å². The van der Waals surface area contributed by atoms with Crippen molar-refractivity contribution in [1.29, 1.82) is 0 Å². The third-order valence-electron chi connectivity index (χ3n) is 2.71. The highest BCUT2D eigenvalue weighted by Gasteiger charge is 2.09. The zero-order valence-corrected chi connectivity index (χ0v) is 10.3. The standard InChI is InChI=1S/C14H14FN3O/c15-11-1-2-12(13(16)9-11)14(19)18-8-5-10-3-6-17-7-4-10/h1-4,6-7,9H,5,8,16H2,(H,18,19). The summed E-state index contributed by atoms with van der Waals surface area (Å²) in [5.41, 5.74) is 7.11. The first kappa shape index (κ1) is 13.0. The lowest BCUT2D eigenvalue weighted by Crippen LogP contribution is -2.26. The first-order valence-electron chi connectivity index (χ1n) is 5.89. The Balaban J connectivity index is 1.91. The molecule has 0 saturated carbocycles. The molecule has 98 valence electrons. The summed E-state index contributed by atoms with van der Waals surface area (Å²) in [5.74, 6) is -0.752. The number of amides is 1. The van der Waals surface area contributed by atoms with E-state index in [0.717, 1.165) is 11.6 Å². The van der Waals surface area contributed by atoms with Gasteiger partial charge in [0.1, 0.15) is 5.82 Å². The summed E-state index contributed by atoms with van der Waals surface area (Å²) in [6.45, 7) is 0.486. The number of hydrogen-bond donors (Lipinski definition) is 2. The minimum absolute atomic E-state index is 0.140. The average Bonchev–Trinajstić information content (AvgIpc) is 2.39. The Morgan fingerprint density at radius 2 is 2.00 bits per heavy atom. The van der Waals surface area contributed by atoms with Crippen LogP contribution in [0.1, 0.15) is 15.9 Å². The number of nitrogens with zero attached hydrogens (tertiary/aromatic N) is 1. The third-order valence-corrected chi connectivity index (χ3v) is 2.71. The van der Waals surface area contributed by atoms with Gasteiger partial charge in [0.05, 0.1) is 5.56 Å². The van der Waals surface area contributed by atoms with E-state index in [9.17, 15) is 9.18 Å². The van der Waals surface area contributed by atoms with Gasteiger partial charge < -0.3 is 11.1 Å². The number of pyridine rings is 1. The van der Waals surface area contributed by atoms with E-state index < -0.39 is 5.82 Å². The first-order chi connectivity index (χ1) is 9.16. The lowest BCUT2D eigenvalue weighted by molar-refractivity contribution is 0.0955. The molecule has 1 amide bonds. The summed E-state index contributed by atoms with van der Waals surface area (Å²) in [7, 11) is 0. The van der Waals surface area contributed by atoms with E-state index in [-0.39, 0.29) is 17.2 Å². The molecule has 4 nitrogen and oxygen atoms in total. The topological polar surface area (TPSA) is 68.0 Å². The Morgan fingerprint density at radius 1 is 1.26 bits per heavy atom. The molecule has 0 atom stereocenters. The molecule has 2 rings (SSSR count). The van der Waals surface area contributed by atoms with E-state index in [1.807, 2.05) is 12.1 Å². The third kappa shape index (κ3) is 3.51. The Labute approximate surface area is 110 Å². The van der Waals surface area contributed by atoms with E-state index in [1.54, 1.807) is 12.4 Å². The molecule has 1 aromatic carbocycles. The Morgan fingerprint density at radius 3 is 2.68 bits per heavy atom. The largest absolute Gasteiger partial charge is 0.398 e. The number of anilines is 1. The van der Waals surface area contributed by atoms with Crippen molar-refractivity contribution >= 4 is 11.6 Å². The van der Waals surface area contributed by atoms with Crippen LogP contribution >= 0.6 is 0 Å². The molecule has 0 aliphatic rings. The van der Waals surface area contributed by atoms with E-state index in [2.05, 4.69) is 10.3 Å². The number of halogens is 1. The Hall–Kier alpha value is -2.43. The van der Waals surface area contributed by atoms with Crippen molar-refractivity contribution in [3.05, 3.63) is 59.7 Å². The highest BCUT2D eigenvalue weighted by molar-refractivity contribution is 5.99. The van der Waals surface area contributed by atoms with Crippen molar-refractivity contribution in [2.75, 3.05) is 12.3 Å². The maximum atomic E-state index is 12.9. The maximum absolute atomic E-state index is 12.9. The number of hydrogen-bond acceptors (Lipinski definition) is 3. The van der Waals surface area contributed by atoms with E-state index in [1.165, 1.54) is 12.1 Å². The lowest BCUT2D eigenvalue weighted by Gasteiger charge is -2.07. The number of aromatic nitrogens is 1. The summed E-state index contributed by atoms with van der Waals surface area (Å²) < 4.78 is 12.9. The fourth-order valence-electron chi connectivity index (χ4n) is 1.71. The van der Waals surface area contributed by atoms with Crippen LogP contribution in [0.3, 0.4) is 0 Å². The Bertz CT molecular complexity index is 572. The van der Waals surface area contributed by atoms with Gasteiger partial charge in [0.15, 0.2) is 0 Å². The molecule has 0 aliphatic heterocycles. The number of nitrogens with two attached hydrogens (primary N) is 1. The van der Waals surface area contributed by atoms with Gasteiger partial charge in [-0.05, 0) is 42.3 Å². The number of benzene rings is 1. The summed E-state index contributed by atoms with van der Waals surface area (Å²) in [4.78, 5) is 15.8. The fraction of sp³-hybridized carbons (Fsp3) is 0.143. The van der Waals surface area contributed by atoms with Crippen LogP contribution in [0.5, 0.6) is 0 Å². The van der Waals surface area contributed by atoms with Crippen LogP contribution in [0, 0.1) is 5.82 Å². The molecule has 19 heavy (non-hydrogen) atoms.